The molecule has 1 aliphatic heterocycles. The van der Waals surface area contributed by atoms with Crippen LogP contribution in [0.3, 0.4) is 0 Å². The maximum absolute atomic E-state index is 13.3. The van der Waals surface area contributed by atoms with Gasteiger partial charge in [0.15, 0.2) is 23.0 Å². The first-order valence-electron chi connectivity index (χ1n) is 16.8. The summed E-state index contributed by atoms with van der Waals surface area (Å²) < 4.78 is 48.4. The first-order valence-corrected chi connectivity index (χ1v) is 17.8. The van der Waals surface area contributed by atoms with E-state index in [0.29, 0.717) is 58.1 Å². The van der Waals surface area contributed by atoms with E-state index in [0.717, 1.165) is 48.1 Å². The number of hydrogen-bond acceptors (Lipinski definition) is 9. The van der Waals surface area contributed by atoms with Crippen LogP contribution in [0.1, 0.15) is 81.6 Å². The van der Waals surface area contributed by atoms with Gasteiger partial charge in [0.05, 0.1) is 59.5 Å². The monoisotopic (exact) mass is 700 g/mol. The number of benzene rings is 3. The lowest BCUT2D eigenvalue weighted by atomic mass is 10.0. The van der Waals surface area contributed by atoms with E-state index in [2.05, 4.69) is 12.2 Å². The number of anilines is 1. The summed E-state index contributed by atoms with van der Waals surface area (Å²) in [6.45, 7) is 2.66. The van der Waals surface area contributed by atoms with Crippen LogP contribution in [0.25, 0.3) is 0 Å². The number of rotatable bonds is 19. The molecule has 0 radical (unpaired) electrons. The fourth-order valence-electron chi connectivity index (χ4n) is 5.77. The van der Waals surface area contributed by atoms with Crippen LogP contribution in [0, 0.1) is 5.82 Å². The molecule has 0 spiro atoms. The molecule has 0 saturated carbocycles. The minimum absolute atomic E-state index is 0.210. The topological polar surface area (TPSA) is 108 Å². The number of unbranched alkanes of at least 4 members (excludes halogenated alkanes) is 5. The normalized spacial score (nSPS) is 15.5. The zero-order valence-corrected chi connectivity index (χ0v) is 29.9. The summed E-state index contributed by atoms with van der Waals surface area (Å²) in [5.41, 5.74) is 2.03. The number of hydrogen-bond donors (Lipinski definition) is 2. The van der Waals surface area contributed by atoms with E-state index in [4.69, 9.17) is 28.4 Å². The van der Waals surface area contributed by atoms with E-state index in [1.54, 1.807) is 33.5 Å². The highest BCUT2D eigenvalue weighted by atomic mass is 32.2. The minimum Gasteiger partial charge on any atom is -0.493 e. The van der Waals surface area contributed by atoms with E-state index in [-0.39, 0.29) is 31.2 Å². The van der Waals surface area contributed by atoms with Crippen molar-refractivity contribution < 1.29 is 42.8 Å². The fraction of sp³-hybridized carbons (Fsp3) is 0.486. The van der Waals surface area contributed by atoms with Crippen molar-refractivity contribution in [3.63, 3.8) is 0 Å². The number of amides is 2. The van der Waals surface area contributed by atoms with Crippen LogP contribution in [0.2, 0.25) is 0 Å². The number of halogens is 1. The molecule has 10 nitrogen and oxygen atoms in total. The summed E-state index contributed by atoms with van der Waals surface area (Å²) in [7, 11) is 6.26. The average molecular weight is 701 g/mol. The molecule has 0 bridgehead atoms. The summed E-state index contributed by atoms with van der Waals surface area (Å²) >= 11 is 1.52. The third kappa shape index (κ3) is 10.6. The number of carbonyl (C=O) groups excluding carboxylic acids is 1. The van der Waals surface area contributed by atoms with Gasteiger partial charge >= 0.3 is 6.03 Å². The van der Waals surface area contributed by atoms with Crippen LogP contribution in [0.15, 0.2) is 53.4 Å². The van der Waals surface area contributed by atoms with Crippen molar-refractivity contribution in [1.29, 1.82) is 0 Å². The van der Waals surface area contributed by atoms with Crippen LogP contribution in [-0.4, -0.2) is 63.6 Å². The number of nitrogens with zero attached hydrogens (tertiary/aromatic N) is 1. The summed E-state index contributed by atoms with van der Waals surface area (Å²) in [4.78, 5) is 14.1. The molecule has 1 saturated heterocycles. The lowest BCUT2D eigenvalue weighted by Gasteiger charge is -2.22. The highest BCUT2D eigenvalue weighted by Crippen LogP contribution is 2.48. The predicted octanol–water partition coefficient (Wildman–Crippen LogP) is 9.21. The van der Waals surface area contributed by atoms with Gasteiger partial charge in [-0.25, -0.2) is 14.2 Å². The third-order valence-corrected chi connectivity index (χ3v) is 9.34. The maximum atomic E-state index is 13.3. The van der Waals surface area contributed by atoms with Crippen molar-refractivity contribution in [2.45, 2.75) is 75.4 Å². The second-order valence-corrected chi connectivity index (χ2v) is 12.9. The summed E-state index contributed by atoms with van der Waals surface area (Å²) in [5.74, 6) is 2.63. The molecule has 49 heavy (non-hydrogen) atoms. The Bertz CT molecular complexity index is 1470. The van der Waals surface area contributed by atoms with Gasteiger partial charge in [0.2, 0.25) is 5.75 Å². The number of ether oxygens (including phenoxy) is 6. The molecule has 3 aromatic rings. The van der Waals surface area contributed by atoms with Gasteiger partial charge in [0, 0.05) is 10.6 Å². The number of methoxy groups -OCH3 is 4. The van der Waals surface area contributed by atoms with E-state index in [1.807, 2.05) is 24.3 Å². The fourth-order valence-corrected chi connectivity index (χ4v) is 6.51. The first kappa shape index (κ1) is 37.9. The highest BCUT2D eigenvalue weighted by molar-refractivity contribution is 7.99. The van der Waals surface area contributed by atoms with Gasteiger partial charge in [-0.15, -0.1) is 11.8 Å². The molecule has 2 amide bonds. The number of hydroxylamine groups is 2. The lowest BCUT2D eigenvalue weighted by molar-refractivity contribution is -0.0382. The van der Waals surface area contributed by atoms with E-state index in [1.165, 1.54) is 37.4 Å². The number of thioether (sulfide) groups is 1. The lowest BCUT2D eigenvalue weighted by Crippen LogP contribution is -2.33. The average Bonchev–Trinajstić information content (AvgIpc) is 3.62. The summed E-state index contributed by atoms with van der Waals surface area (Å²) in [5, 5.41) is 14.1. The first-order chi connectivity index (χ1) is 23.8. The molecular weight excluding hydrogens is 651 g/mol. The van der Waals surface area contributed by atoms with Gasteiger partial charge < -0.3 is 33.7 Å². The second kappa shape index (κ2) is 19.4. The number of nitrogens with one attached hydrogen (secondary N) is 1. The molecule has 0 aliphatic carbocycles. The maximum Gasteiger partial charge on any atom is 0.345 e. The van der Waals surface area contributed by atoms with Gasteiger partial charge in [-0.05, 0) is 78.9 Å². The van der Waals surface area contributed by atoms with Crippen molar-refractivity contribution in [3.05, 3.63) is 65.5 Å². The van der Waals surface area contributed by atoms with Crippen LogP contribution in [0.4, 0.5) is 14.9 Å². The van der Waals surface area contributed by atoms with Crippen LogP contribution >= 0.6 is 11.8 Å². The zero-order chi connectivity index (χ0) is 35.2. The van der Waals surface area contributed by atoms with Crippen molar-refractivity contribution in [2.24, 2.45) is 0 Å². The van der Waals surface area contributed by atoms with Gasteiger partial charge in [-0.3, -0.25) is 5.21 Å². The summed E-state index contributed by atoms with van der Waals surface area (Å²) in [6, 6.07) is 13.0. The molecule has 3 aromatic carbocycles. The van der Waals surface area contributed by atoms with Gasteiger partial charge in [0.25, 0.3) is 0 Å². The van der Waals surface area contributed by atoms with Gasteiger partial charge in [-0.1, -0.05) is 39.0 Å². The Kier molecular flexibility index (Phi) is 15.0. The Morgan fingerprint density at radius 2 is 1.43 bits per heavy atom. The van der Waals surface area contributed by atoms with Crippen molar-refractivity contribution >= 4 is 23.5 Å². The van der Waals surface area contributed by atoms with E-state index >= 15 is 0 Å². The third-order valence-electron chi connectivity index (χ3n) is 8.36. The SMILES string of the molecule is CCCCCCCCN(O)C(=O)Nc1cc(C2CCC(c3cc(OC)c(OC)c(OC)c3)O2)cc(OC)c1OCCSc1ccc(F)cc1. The highest BCUT2D eigenvalue weighted by Gasteiger charge is 2.31. The predicted molar refractivity (Wildman–Crippen MR) is 188 cm³/mol. The molecule has 2 unspecified atom stereocenters. The minimum atomic E-state index is -0.666. The summed E-state index contributed by atoms with van der Waals surface area (Å²) in [6.07, 6.45) is 7.05. The molecule has 268 valence electrons. The molecule has 2 atom stereocenters. The Balaban J connectivity index is 1.52. The van der Waals surface area contributed by atoms with Crippen LogP contribution in [0.5, 0.6) is 28.7 Å². The molecule has 4 rings (SSSR count). The van der Waals surface area contributed by atoms with Crippen molar-refractivity contribution in [3.8, 4) is 28.7 Å². The second-order valence-electron chi connectivity index (χ2n) is 11.7. The van der Waals surface area contributed by atoms with Crippen LogP contribution in [-0.2, 0) is 4.74 Å². The molecule has 1 heterocycles. The quantitative estimate of drug-likeness (QED) is 0.0548. The molecular formula is C37H49FN2O8S. The molecule has 0 aromatic heterocycles. The largest absolute Gasteiger partial charge is 0.493 e. The van der Waals surface area contributed by atoms with Crippen molar-refractivity contribution in [2.75, 3.05) is 52.7 Å². The molecule has 1 aliphatic rings. The van der Waals surface area contributed by atoms with E-state index < -0.39 is 6.03 Å². The van der Waals surface area contributed by atoms with Gasteiger partial charge in [-0.2, -0.15) is 0 Å². The van der Waals surface area contributed by atoms with Crippen LogP contribution < -0.4 is 29.0 Å². The van der Waals surface area contributed by atoms with Crippen molar-refractivity contribution in [1.82, 2.24) is 5.06 Å². The molecule has 12 heteroatoms. The number of urea groups is 1. The Hall–Kier alpha value is -3.87. The van der Waals surface area contributed by atoms with E-state index in [9.17, 15) is 14.4 Å². The molecule has 1 fully saturated rings. The molecule has 2 N–H and O–H groups in total. The zero-order valence-electron chi connectivity index (χ0n) is 29.1. The Labute approximate surface area is 293 Å². The van der Waals surface area contributed by atoms with Gasteiger partial charge in [0.1, 0.15) is 5.82 Å². The standard InChI is InChI=1S/C37H49FN2O8S/c1-6-7-8-9-10-11-18-40(42)37(41)39-29-21-25(22-32(43-2)35(29)47-19-20-49-28-14-12-27(38)13-15-28)30-16-17-31(48-30)26-23-33(44-3)36(46-5)34(24-26)45-4/h12-15,21-24,30-31,42H,6-11,16-20H2,1-5H3,(H,39,41). The smallest absolute Gasteiger partial charge is 0.345 e. The Morgan fingerprint density at radius 3 is 2.02 bits per heavy atom. The Morgan fingerprint density at radius 1 is 0.857 bits per heavy atom. The number of carbonyl (C=O) groups is 1.